The molecule has 16 heavy (non-hydrogen) atoms. The van der Waals surface area contributed by atoms with Crippen LogP contribution in [0.25, 0.3) is 0 Å². The zero-order chi connectivity index (χ0) is 12.3. The van der Waals surface area contributed by atoms with Gasteiger partial charge in [-0.3, -0.25) is 4.79 Å². The zero-order valence-corrected chi connectivity index (χ0v) is 9.41. The number of rotatable bonds is 4. The highest BCUT2D eigenvalue weighted by atomic mass is 32.2. The highest BCUT2D eigenvalue weighted by molar-refractivity contribution is 7.89. The summed E-state index contributed by atoms with van der Waals surface area (Å²) < 4.78 is 25.2. The number of benzene rings is 1. The van der Waals surface area contributed by atoms with Crippen LogP contribution in [0.1, 0.15) is 5.56 Å². The van der Waals surface area contributed by atoms with Crippen molar-refractivity contribution in [2.75, 3.05) is 12.3 Å². The Morgan fingerprint density at radius 2 is 2.12 bits per heavy atom. The lowest BCUT2D eigenvalue weighted by Gasteiger charge is -2.08. The molecule has 0 unspecified atom stereocenters. The van der Waals surface area contributed by atoms with Gasteiger partial charge >= 0.3 is 5.97 Å². The predicted octanol–water partition coefficient (Wildman–Crippen LogP) is -0.0599. The molecule has 6 nitrogen and oxygen atoms in total. The molecule has 0 radical (unpaired) electrons. The Labute approximate surface area is 93.1 Å². The van der Waals surface area contributed by atoms with Gasteiger partial charge in [0, 0.05) is 0 Å². The van der Waals surface area contributed by atoms with Gasteiger partial charge in [-0.25, -0.2) is 8.42 Å². The summed E-state index contributed by atoms with van der Waals surface area (Å²) >= 11 is 0. The van der Waals surface area contributed by atoms with Crippen molar-refractivity contribution in [3.05, 3.63) is 23.8 Å². The zero-order valence-electron chi connectivity index (χ0n) is 8.60. The molecule has 88 valence electrons. The molecule has 0 spiro atoms. The van der Waals surface area contributed by atoms with Crippen LogP contribution < -0.4 is 10.5 Å². The fraction of sp³-hybridized carbons (Fsp3) is 0.222. The van der Waals surface area contributed by atoms with E-state index in [-0.39, 0.29) is 10.6 Å². The molecule has 0 aliphatic heterocycles. The average molecular weight is 244 g/mol. The van der Waals surface area contributed by atoms with Gasteiger partial charge in [-0.1, -0.05) is 6.07 Å². The molecule has 0 amide bonds. The first-order valence-electron chi connectivity index (χ1n) is 4.40. The van der Waals surface area contributed by atoms with Crippen molar-refractivity contribution in [2.24, 2.45) is 0 Å². The van der Waals surface area contributed by atoms with Gasteiger partial charge in [0.2, 0.25) is 10.0 Å². The Morgan fingerprint density at radius 1 is 1.50 bits per heavy atom. The monoisotopic (exact) mass is 244 g/mol. The largest absolute Gasteiger partial charge is 0.480 e. The van der Waals surface area contributed by atoms with Crippen molar-refractivity contribution in [1.29, 1.82) is 0 Å². The number of aliphatic carboxylic acids is 1. The van der Waals surface area contributed by atoms with Crippen LogP contribution in [0, 0.1) is 6.92 Å². The molecule has 0 aromatic heterocycles. The van der Waals surface area contributed by atoms with Gasteiger partial charge in [-0.15, -0.1) is 0 Å². The SMILES string of the molecule is Cc1ccc(N)c(S(=O)(=O)NCC(=O)O)c1. The second-order valence-corrected chi connectivity index (χ2v) is 4.99. The maximum Gasteiger partial charge on any atom is 0.318 e. The van der Waals surface area contributed by atoms with E-state index in [9.17, 15) is 13.2 Å². The molecule has 0 aliphatic carbocycles. The minimum absolute atomic E-state index is 0.0866. The second kappa shape index (κ2) is 4.50. The summed E-state index contributed by atoms with van der Waals surface area (Å²) in [4.78, 5) is 10.2. The quantitative estimate of drug-likeness (QED) is 0.643. The number of sulfonamides is 1. The molecule has 1 aromatic carbocycles. The number of aryl methyl sites for hydroxylation is 1. The lowest BCUT2D eigenvalue weighted by atomic mass is 10.2. The summed E-state index contributed by atoms with van der Waals surface area (Å²) in [6.07, 6.45) is 0. The summed E-state index contributed by atoms with van der Waals surface area (Å²) in [6, 6.07) is 4.52. The minimum Gasteiger partial charge on any atom is -0.480 e. The molecule has 0 aliphatic rings. The lowest BCUT2D eigenvalue weighted by molar-refractivity contribution is -0.135. The van der Waals surface area contributed by atoms with Crippen LogP contribution in [0.5, 0.6) is 0 Å². The number of hydrogen-bond acceptors (Lipinski definition) is 4. The van der Waals surface area contributed by atoms with Crippen LogP contribution in [-0.4, -0.2) is 26.0 Å². The Hall–Kier alpha value is -1.60. The van der Waals surface area contributed by atoms with Crippen molar-refractivity contribution in [3.8, 4) is 0 Å². The highest BCUT2D eigenvalue weighted by Crippen LogP contribution is 2.18. The van der Waals surface area contributed by atoms with E-state index in [0.29, 0.717) is 0 Å². The third-order valence-corrected chi connectivity index (χ3v) is 3.33. The maximum absolute atomic E-state index is 11.7. The van der Waals surface area contributed by atoms with E-state index in [1.807, 2.05) is 4.72 Å². The summed E-state index contributed by atoms with van der Waals surface area (Å²) in [7, 11) is -3.86. The molecule has 0 fully saturated rings. The predicted molar refractivity (Wildman–Crippen MR) is 58.4 cm³/mol. The van der Waals surface area contributed by atoms with E-state index in [1.165, 1.54) is 12.1 Å². The fourth-order valence-corrected chi connectivity index (χ4v) is 2.30. The topological polar surface area (TPSA) is 109 Å². The molecule has 1 aromatic rings. The van der Waals surface area contributed by atoms with Gasteiger partial charge in [-0.2, -0.15) is 4.72 Å². The van der Waals surface area contributed by atoms with Crippen molar-refractivity contribution in [2.45, 2.75) is 11.8 Å². The molecular weight excluding hydrogens is 232 g/mol. The third kappa shape index (κ3) is 2.94. The minimum atomic E-state index is -3.86. The van der Waals surface area contributed by atoms with E-state index in [4.69, 9.17) is 10.8 Å². The van der Waals surface area contributed by atoms with Gasteiger partial charge in [-0.05, 0) is 24.6 Å². The number of carboxylic acids is 1. The van der Waals surface area contributed by atoms with Crippen molar-refractivity contribution < 1.29 is 18.3 Å². The average Bonchev–Trinajstić information content (AvgIpc) is 2.19. The first kappa shape index (κ1) is 12.5. The molecule has 0 heterocycles. The number of anilines is 1. The van der Waals surface area contributed by atoms with Crippen LogP contribution >= 0.6 is 0 Å². The normalized spacial score (nSPS) is 11.3. The van der Waals surface area contributed by atoms with Gasteiger partial charge in [0.05, 0.1) is 5.69 Å². The van der Waals surface area contributed by atoms with E-state index in [2.05, 4.69) is 0 Å². The van der Waals surface area contributed by atoms with Crippen molar-refractivity contribution in [1.82, 2.24) is 4.72 Å². The Kier molecular flexibility index (Phi) is 3.51. The molecule has 0 saturated carbocycles. The summed E-state index contributed by atoms with van der Waals surface area (Å²) in [5.74, 6) is -1.25. The van der Waals surface area contributed by atoms with E-state index in [1.54, 1.807) is 13.0 Å². The maximum atomic E-state index is 11.7. The molecule has 1 rings (SSSR count). The smallest absolute Gasteiger partial charge is 0.318 e. The molecule has 4 N–H and O–H groups in total. The van der Waals surface area contributed by atoms with Gasteiger partial charge in [0.15, 0.2) is 0 Å². The van der Waals surface area contributed by atoms with E-state index in [0.717, 1.165) is 5.56 Å². The number of nitrogens with one attached hydrogen (secondary N) is 1. The number of nitrogens with two attached hydrogens (primary N) is 1. The molecule has 0 bridgehead atoms. The molecule has 7 heteroatoms. The Morgan fingerprint density at radius 3 is 2.69 bits per heavy atom. The standard InChI is InChI=1S/C9H12N2O4S/c1-6-2-3-7(10)8(4-6)16(14,15)11-5-9(12)13/h2-4,11H,5,10H2,1H3,(H,12,13). The summed E-state index contributed by atoms with van der Waals surface area (Å²) in [6.45, 7) is 1.05. The summed E-state index contributed by atoms with van der Waals surface area (Å²) in [5.41, 5.74) is 6.33. The number of nitrogen functional groups attached to an aromatic ring is 1. The van der Waals surface area contributed by atoms with Gasteiger partial charge < -0.3 is 10.8 Å². The van der Waals surface area contributed by atoms with Crippen molar-refractivity contribution >= 4 is 21.7 Å². The number of hydrogen-bond donors (Lipinski definition) is 3. The fourth-order valence-electron chi connectivity index (χ4n) is 1.11. The highest BCUT2D eigenvalue weighted by Gasteiger charge is 2.18. The molecule has 0 atom stereocenters. The second-order valence-electron chi connectivity index (χ2n) is 3.26. The molecule has 0 saturated heterocycles. The molecular formula is C9H12N2O4S. The van der Waals surface area contributed by atoms with Crippen LogP contribution in [0.4, 0.5) is 5.69 Å². The Balaban J connectivity index is 3.07. The third-order valence-electron chi connectivity index (χ3n) is 1.87. The van der Waals surface area contributed by atoms with Crippen LogP contribution in [0.2, 0.25) is 0 Å². The van der Waals surface area contributed by atoms with E-state index < -0.39 is 22.5 Å². The summed E-state index contributed by atoms with van der Waals surface area (Å²) in [5, 5.41) is 8.39. The first-order chi connectivity index (χ1) is 7.33. The number of carbonyl (C=O) groups is 1. The van der Waals surface area contributed by atoms with Crippen molar-refractivity contribution in [3.63, 3.8) is 0 Å². The van der Waals surface area contributed by atoms with Crippen LogP contribution in [-0.2, 0) is 14.8 Å². The van der Waals surface area contributed by atoms with Crippen LogP contribution in [0.15, 0.2) is 23.1 Å². The van der Waals surface area contributed by atoms with Gasteiger partial charge in [0.25, 0.3) is 0 Å². The Bertz CT molecular complexity index is 510. The van der Waals surface area contributed by atoms with Gasteiger partial charge in [0.1, 0.15) is 11.4 Å². The van der Waals surface area contributed by atoms with Crippen LogP contribution in [0.3, 0.4) is 0 Å². The van der Waals surface area contributed by atoms with E-state index >= 15 is 0 Å². The number of carboxylic acid groups (broad SMARTS) is 1. The lowest BCUT2D eigenvalue weighted by Crippen LogP contribution is -2.30. The first-order valence-corrected chi connectivity index (χ1v) is 5.89.